The van der Waals surface area contributed by atoms with Crippen molar-refractivity contribution in [3.05, 3.63) is 82.4 Å². The Balaban J connectivity index is 1.78. The van der Waals surface area contributed by atoms with Crippen LogP contribution < -0.4 is 5.32 Å². The van der Waals surface area contributed by atoms with Crippen LogP contribution in [0, 0.1) is 0 Å². The monoisotopic (exact) mass is 339 g/mol. The minimum atomic E-state index is -0.974. The van der Waals surface area contributed by atoms with Crippen LogP contribution in [0.5, 0.6) is 0 Å². The number of fused-ring (bicyclic) bond motifs is 1. The lowest BCUT2D eigenvalue weighted by Crippen LogP contribution is -2.23. The van der Waals surface area contributed by atoms with E-state index in [4.69, 9.17) is 16.7 Å². The Morgan fingerprint density at radius 1 is 0.917 bits per heavy atom. The second kappa shape index (κ2) is 6.72. The number of rotatable bonds is 4. The Hall–Kier alpha value is -2.85. The molecule has 1 amide bonds. The molecule has 0 radical (unpaired) electrons. The summed E-state index contributed by atoms with van der Waals surface area (Å²) in [4.78, 5) is 23.3. The summed E-state index contributed by atoms with van der Waals surface area (Å²) in [6.07, 6.45) is 0. The summed E-state index contributed by atoms with van der Waals surface area (Å²) in [5.41, 5.74) is 1.59. The van der Waals surface area contributed by atoms with E-state index in [1.165, 1.54) is 12.1 Å². The summed E-state index contributed by atoms with van der Waals surface area (Å²) in [7, 11) is 0. The maximum atomic E-state index is 12.5. The van der Waals surface area contributed by atoms with Gasteiger partial charge in [-0.05, 0) is 35.2 Å². The van der Waals surface area contributed by atoms with Gasteiger partial charge >= 0.3 is 5.97 Å². The van der Waals surface area contributed by atoms with Crippen LogP contribution in [0.1, 0.15) is 26.3 Å². The summed E-state index contributed by atoms with van der Waals surface area (Å²) in [5, 5.41) is 14.0. The molecular weight excluding hydrogens is 326 g/mol. The number of carboxylic acid groups (broad SMARTS) is 1. The van der Waals surface area contributed by atoms with Gasteiger partial charge < -0.3 is 10.4 Å². The van der Waals surface area contributed by atoms with Gasteiger partial charge in [-0.25, -0.2) is 4.79 Å². The van der Waals surface area contributed by atoms with E-state index in [9.17, 15) is 9.59 Å². The third-order valence-corrected chi connectivity index (χ3v) is 4.10. The molecule has 3 rings (SSSR count). The molecule has 0 saturated carbocycles. The number of carbonyl (C=O) groups is 2. The van der Waals surface area contributed by atoms with E-state index in [-0.39, 0.29) is 11.5 Å². The fourth-order valence-corrected chi connectivity index (χ4v) is 2.75. The number of carbonyl (C=O) groups excluding carboxylic acids is 1. The van der Waals surface area contributed by atoms with Crippen LogP contribution in [0.2, 0.25) is 5.02 Å². The molecule has 2 N–H and O–H groups in total. The molecule has 0 spiro atoms. The fourth-order valence-electron chi connectivity index (χ4n) is 2.51. The molecule has 5 heteroatoms. The van der Waals surface area contributed by atoms with E-state index < -0.39 is 5.97 Å². The Bertz CT molecular complexity index is 920. The number of halogens is 1. The molecule has 0 aromatic heterocycles. The van der Waals surface area contributed by atoms with E-state index in [0.717, 1.165) is 16.3 Å². The third kappa shape index (κ3) is 3.24. The molecule has 3 aromatic carbocycles. The molecule has 24 heavy (non-hydrogen) atoms. The van der Waals surface area contributed by atoms with Gasteiger partial charge in [0, 0.05) is 22.5 Å². The van der Waals surface area contributed by atoms with Crippen molar-refractivity contribution < 1.29 is 14.7 Å². The zero-order valence-corrected chi connectivity index (χ0v) is 13.4. The molecule has 0 bridgehead atoms. The first kappa shape index (κ1) is 16.0. The van der Waals surface area contributed by atoms with Gasteiger partial charge in [-0.3, -0.25) is 4.79 Å². The van der Waals surface area contributed by atoms with Crippen molar-refractivity contribution in [2.45, 2.75) is 6.54 Å². The molecule has 4 nitrogen and oxygen atoms in total. The van der Waals surface area contributed by atoms with E-state index in [2.05, 4.69) is 5.32 Å². The number of hydrogen-bond acceptors (Lipinski definition) is 2. The lowest BCUT2D eigenvalue weighted by atomic mass is 10.0. The molecule has 0 fully saturated rings. The number of benzene rings is 3. The second-order valence-corrected chi connectivity index (χ2v) is 5.73. The number of hydrogen-bond donors (Lipinski definition) is 2. The predicted octanol–water partition coefficient (Wildman–Crippen LogP) is 4.12. The average Bonchev–Trinajstić information content (AvgIpc) is 2.60. The first-order chi connectivity index (χ1) is 11.6. The van der Waals surface area contributed by atoms with Crippen molar-refractivity contribution in [2.24, 2.45) is 0 Å². The number of nitrogens with one attached hydrogen (secondary N) is 1. The van der Waals surface area contributed by atoms with Crippen LogP contribution in [0.25, 0.3) is 10.8 Å². The molecule has 0 saturated heterocycles. The molecule has 0 atom stereocenters. The molecule has 0 heterocycles. The van der Waals surface area contributed by atoms with Crippen LogP contribution in [-0.4, -0.2) is 17.0 Å². The van der Waals surface area contributed by atoms with E-state index in [1.807, 2.05) is 18.2 Å². The summed E-state index contributed by atoms with van der Waals surface area (Å²) in [6, 6.07) is 17.3. The summed E-state index contributed by atoms with van der Waals surface area (Å²) in [5.74, 6) is -1.18. The van der Waals surface area contributed by atoms with Crippen molar-refractivity contribution in [1.82, 2.24) is 5.32 Å². The van der Waals surface area contributed by atoms with Gasteiger partial charge in [0.25, 0.3) is 5.91 Å². The molecule has 0 aliphatic carbocycles. The van der Waals surface area contributed by atoms with Crippen LogP contribution in [0.15, 0.2) is 60.7 Å². The number of amides is 1. The van der Waals surface area contributed by atoms with Gasteiger partial charge in [-0.1, -0.05) is 48.0 Å². The summed E-state index contributed by atoms with van der Waals surface area (Å²) < 4.78 is 0. The van der Waals surface area contributed by atoms with Crippen molar-refractivity contribution in [2.75, 3.05) is 0 Å². The Labute approximate surface area is 143 Å². The Morgan fingerprint density at radius 3 is 2.29 bits per heavy atom. The minimum Gasteiger partial charge on any atom is -0.478 e. The topological polar surface area (TPSA) is 66.4 Å². The maximum Gasteiger partial charge on any atom is 0.335 e. The zero-order chi connectivity index (χ0) is 17.1. The van der Waals surface area contributed by atoms with Crippen molar-refractivity contribution in [3.63, 3.8) is 0 Å². The Kier molecular flexibility index (Phi) is 4.49. The van der Waals surface area contributed by atoms with Crippen LogP contribution in [0.4, 0.5) is 0 Å². The molecule has 0 aliphatic heterocycles. The highest BCUT2D eigenvalue weighted by molar-refractivity contribution is 6.36. The normalized spacial score (nSPS) is 10.5. The quantitative estimate of drug-likeness (QED) is 0.751. The van der Waals surface area contributed by atoms with Crippen molar-refractivity contribution in [3.8, 4) is 0 Å². The second-order valence-electron chi connectivity index (χ2n) is 5.33. The fraction of sp³-hybridized carbons (Fsp3) is 0.0526. The minimum absolute atomic E-state index is 0.204. The van der Waals surface area contributed by atoms with Crippen molar-refractivity contribution >= 4 is 34.2 Å². The van der Waals surface area contributed by atoms with E-state index in [0.29, 0.717) is 17.1 Å². The zero-order valence-electron chi connectivity index (χ0n) is 12.6. The SMILES string of the molecule is O=C(O)c1ccc(CNC(=O)c2cccc3c(Cl)cccc23)cc1. The van der Waals surface area contributed by atoms with Crippen molar-refractivity contribution in [1.29, 1.82) is 0 Å². The van der Waals surface area contributed by atoms with Crippen LogP contribution in [0.3, 0.4) is 0 Å². The Morgan fingerprint density at radius 2 is 1.58 bits per heavy atom. The third-order valence-electron chi connectivity index (χ3n) is 3.77. The van der Waals surface area contributed by atoms with Gasteiger partial charge in [0.2, 0.25) is 0 Å². The smallest absolute Gasteiger partial charge is 0.335 e. The maximum absolute atomic E-state index is 12.5. The van der Waals surface area contributed by atoms with Gasteiger partial charge in [0.15, 0.2) is 0 Å². The first-order valence-corrected chi connectivity index (χ1v) is 7.72. The van der Waals surface area contributed by atoms with Crippen LogP contribution >= 0.6 is 11.6 Å². The van der Waals surface area contributed by atoms with Gasteiger partial charge in [0.1, 0.15) is 0 Å². The van der Waals surface area contributed by atoms with E-state index >= 15 is 0 Å². The highest BCUT2D eigenvalue weighted by Crippen LogP contribution is 2.25. The molecule has 120 valence electrons. The predicted molar refractivity (Wildman–Crippen MR) is 93.5 cm³/mol. The molecule has 0 aliphatic rings. The summed E-state index contributed by atoms with van der Waals surface area (Å²) >= 11 is 6.17. The van der Waals surface area contributed by atoms with Gasteiger partial charge in [-0.2, -0.15) is 0 Å². The van der Waals surface area contributed by atoms with Crippen LogP contribution in [-0.2, 0) is 6.54 Å². The van der Waals surface area contributed by atoms with E-state index in [1.54, 1.807) is 30.3 Å². The van der Waals surface area contributed by atoms with Gasteiger partial charge in [-0.15, -0.1) is 0 Å². The van der Waals surface area contributed by atoms with Gasteiger partial charge in [0.05, 0.1) is 5.56 Å². The first-order valence-electron chi connectivity index (χ1n) is 7.34. The lowest BCUT2D eigenvalue weighted by molar-refractivity contribution is 0.0696. The molecular formula is C19H14ClNO3. The lowest BCUT2D eigenvalue weighted by Gasteiger charge is -2.09. The highest BCUT2D eigenvalue weighted by atomic mass is 35.5. The number of carboxylic acids is 1. The molecule has 3 aromatic rings. The number of aromatic carboxylic acids is 1. The average molecular weight is 340 g/mol. The summed E-state index contributed by atoms with van der Waals surface area (Å²) in [6.45, 7) is 0.315. The largest absolute Gasteiger partial charge is 0.478 e. The molecule has 0 unspecified atom stereocenters. The standard InChI is InChI=1S/C19H14ClNO3/c20-17-6-2-3-14-15(17)4-1-5-16(14)18(22)21-11-12-7-9-13(10-8-12)19(23)24/h1-10H,11H2,(H,21,22)(H,23,24). The highest BCUT2D eigenvalue weighted by Gasteiger charge is 2.11.